The summed E-state index contributed by atoms with van der Waals surface area (Å²) in [6.07, 6.45) is 1.08. The Kier molecular flexibility index (Phi) is 4.16. The van der Waals surface area contributed by atoms with E-state index in [2.05, 4.69) is 0 Å². The second-order valence-electron chi connectivity index (χ2n) is 3.78. The van der Waals surface area contributed by atoms with Gasteiger partial charge in [-0.3, -0.25) is 4.79 Å². The second kappa shape index (κ2) is 5.39. The van der Waals surface area contributed by atoms with Gasteiger partial charge in [-0.1, -0.05) is 12.1 Å². The van der Waals surface area contributed by atoms with Gasteiger partial charge in [-0.05, 0) is 38.0 Å². The van der Waals surface area contributed by atoms with Gasteiger partial charge >= 0.3 is 5.97 Å². The first-order valence-electron chi connectivity index (χ1n) is 5.12. The zero-order valence-electron chi connectivity index (χ0n) is 9.19. The lowest BCUT2D eigenvalue weighted by Gasteiger charge is -2.07. The summed E-state index contributed by atoms with van der Waals surface area (Å²) in [4.78, 5) is 11.2. The van der Waals surface area contributed by atoms with Crippen molar-refractivity contribution >= 4 is 11.7 Å². The summed E-state index contributed by atoms with van der Waals surface area (Å²) < 4.78 is 5.03. The van der Waals surface area contributed by atoms with Crippen LogP contribution >= 0.6 is 0 Å². The van der Waals surface area contributed by atoms with Crippen molar-refractivity contribution in [2.45, 2.75) is 32.8 Å². The molecule has 0 heterocycles. The molecule has 0 saturated carbocycles. The zero-order valence-corrected chi connectivity index (χ0v) is 9.19. The molecule has 0 radical (unpaired) electrons. The van der Waals surface area contributed by atoms with Crippen LogP contribution in [-0.4, -0.2) is 12.1 Å². The molecule has 0 fully saturated rings. The summed E-state index contributed by atoms with van der Waals surface area (Å²) in [7, 11) is 0. The van der Waals surface area contributed by atoms with E-state index in [-0.39, 0.29) is 12.1 Å². The molecule has 1 aromatic rings. The number of nitrogen functional groups attached to an aromatic ring is 1. The molecule has 3 nitrogen and oxygen atoms in total. The van der Waals surface area contributed by atoms with Crippen molar-refractivity contribution in [1.82, 2.24) is 0 Å². The van der Waals surface area contributed by atoms with Gasteiger partial charge in [0.15, 0.2) is 0 Å². The van der Waals surface area contributed by atoms with Crippen LogP contribution in [-0.2, 0) is 16.0 Å². The quantitative estimate of drug-likeness (QED) is 0.608. The minimum absolute atomic E-state index is 0.0380. The molecule has 1 rings (SSSR count). The summed E-state index contributed by atoms with van der Waals surface area (Å²) in [6, 6.07) is 7.53. The first-order valence-corrected chi connectivity index (χ1v) is 5.12. The third-order valence-electron chi connectivity index (χ3n) is 1.96. The molecule has 0 amide bonds. The molecule has 0 atom stereocenters. The Balaban J connectivity index is 2.37. The van der Waals surface area contributed by atoms with E-state index in [1.54, 1.807) is 0 Å². The average Bonchev–Trinajstić information content (AvgIpc) is 2.16. The summed E-state index contributed by atoms with van der Waals surface area (Å²) in [5.74, 6) is -0.151. The van der Waals surface area contributed by atoms with E-state index in [1.807, 2.05) is 38.1 Å². The van der Waals surface area contributed by atoms with Gasteiger partial charge in [-0.15, -0.1) is 0 Å². The van der Waals surface area contributed by atoms with Crippen LogP contribution in [0.4, 0.5) is 5.69 Å². The molecule has 1 aromatic carbocycles. The lowest BCUT2D eigenvalue weighted by atomic mass is 10.1. The fourth-order valence-corrected chi connectivity index (χ4v) is 1.25. The molecule has 0 aromatic heterocycles. The molecule has 0 spiro atoms. The van der Waals surface area contributed by atoms with Crippen LogP contribution in [0.5, 0.6) is 0 Å². The van der Waals surface area contributed by atoms with E-state index < -0.39 is 0 Å². The monoisotopic (exact) mass is 207 g/mol. The van der Waals surface area contributed by atoms with E-state index in [1.165, 1.54) is 0 Å². The van der Waals surface area contributed by atoms with Gasteiger partial charge in [-0.2, -0.15) is 0 Å². The largest absolute Gasteiger partial charge is 0.463 e. The smallest absolute Gasteiger partial charge is 0.306 e. The molecular weight excluding hydrogens is 190 g/mol. The van der Waals surface area contributed by atoms with Crippen LogP contribution < -0.4 is 5.73 Å². The number of ether oxygens (including phenoxy) is 1. The highest BCUT2D eigenvalue weighted by atomic mass is 16.5. The minimum Gasteiger partial charge on any atom is -0.463 e. The third-order valence-corrected chi connectivity index (χ3v) is 1.96. The molecule has 0 bridgehead atoms. The van der Waals surface area contributed by atoms with Gasteiger partial charge in [-0.25, -0.2) is 0 Å². The molecule has 0 aliphatic carbocycles. The highest BCUT2D eigenvalue weighted by Crippen LogP contribution is 2.08. The first kappa shape index (κ1) is 11.6. The van der Waals surface area contributed by atoms with Gasteiger partial charge in [0.1, 0.15) is 0 Å². The van der Waals surface area contributed by atoms with E-state index in [9.17, 15) is 4.79 Å². The number of nitrogens with two attached hydrogens (primary N) is 1. The van der Waals surface area contributed by atoms with Gasteiger partial charge < -0.3 is 10.5 Å². The predicted octanol–water partition coefficient (Wildman–Crippen LogP) is 2.15. The van der Waals surface area contributed by atoms with Crippen LogP contribution in [0.2, 0.25) is 0 Å². The van der Waals surface area contributed by atoms with Crippen LogP contribution in [0.25, 0.3) is 0 Å². The molecule has 15 heavy (non-hydrogen) atoms. The Morgan fingerprint density at radius 2 is 1.93 bits per heavy atom. The van der Waals surface area contributed by atoms with Crippen molar-refractivity contribution in [2.24, 2.45) is 0 Å². The molecular formula is C12H17NO2. The van der Waals surface area contributed by atoms with Gasteiger partial charge in [0.2, 0.25) is 0 Å². The molecule has 3 heteroatoms. The number of carbonyl (C=O) groups excluding carboxylic acids is 1. The minimum atomic E-state index is -0.151. The fraction of sp³-hybridized carbons (Fsp3) is 0.417. The number of anilines is 1. The highest BCUT2D eigenvalue weighted by molar-refractivity contribution is 5.69. The number of hydrogen-bond donors (Lipinski definition) is 1. The predicted molar refractivity (Wildman–Crippen MR) is 60.4 cm³/mol. The van der Waals surface area contributed by atoms with Crippen molar-refractivity contribution in [3.63, 3.8) is 0 Å². The number of carbonyl (C=O) groups is 1. The third kappa shape index (κ3) is 4.49. The molecule has 0 unspecified atom stereocenters. The highest BCUT2D eigenvalue weighted by Gasteiger charge is 2.05. The van der Waals surface area contributed by atoms with Crippen LogP contribution in [0.15, 0.2) is 24.3 Å². The standard InChI is InChI=1S/C12H17NO2/c1-9(2)15-12(14)8-5-10-3-6-11(13)7-4-10/h3-4,6-7,9H,5,8,13H2,1-2H3. The molecule has 0 aliphatic heterocycles. The molecule has 82 valence electrons. The lowest BCUT2D eigenvalue weighted by molar-refractivity contribution is -0.147. The van der Waals surface area contributed by atoms with Crippen molar-refractivity contribution < 1.29 is 9.53 Å². The normalized spacial score (nSPS) is 10.3. The molecule has 0 saturated heterocycles. The summed E-state index contributed by atoms with van der Waals surface area (Å²) in [5.41, 5.74) is 7.40. The van der Waals surface area contributed by atoms with Crippen molar-refractivity contribution in [1.29, 1.82) is 0 Å². The van der Waals surface area contributed by atoms with Crippen molar-refractivity contribution in [3.05, 3.63) is 29.8 Å². The number of benzene rings is 1. The maximum atomic E-state index is 11.2. The summed E-state index contributed by atoms with van der Waals surface area (Å²) >= 11 is 0. The van der Waals surface area contributed by atoms with Gasteiger partial charge in [0.25, 0.3) is 0 Å². The summed E-state index contributed by atoms with van der Waals surface area (Å²) in [6.45, 7) is 3.70. The van der Waals surface area contributed by atoms with Gasteiger partial charge in [0.05, 0.1) is 6.10 Å². The van der Waals surface area contributed by atoms with Crippen LogP contribution in [0.3, 0.4) is 0 Å². The second-order valence-corrected chi connectivity index (χ2v) is 3.78. The van der Waals surface area contributed by atoms with E-state index >= 15 is 0 Å². The maximum Gasteiger partial charge on any atom is 0.306 e. The Morgan fingerprint density at radius 3 is 2.47 bits per heavy atom. The molecule has 0 aliphatic rings. The van der Waals surface area contributed by atoms with E-state index in [0.717, 1.165) is 11.3 Å². The number of hydrogen-bond acceptors (Lipinski definition) is 3. The number of aryl methyl sites for hydroxylation is 1. The zero-order chi connectivity index (χ0) is 11.3. The van der Waals surface area contributed by atoms with Gasteiger partial charge in [0, 0.05) is 12.1 Å². The average molecular weight is 207 g/mol. The fourth-order valence-electron chi connectivity index (χ4n) is 1.25. The lowest BCUT2D eigenvalue weighted by Crippen LogP contribution is -2.11. The maximum absolute atomic E-state index is 11.2. The van der Waals surface area contributed by atoms with Crippen LogP contribution in [0, 0.1) is 0 Å². The molecule has 2 N–H and O–H groups in total. The van der Waals surface area contributed by atoms with E-state index in [4.69, 9.17) is 10.5 Å². The first-order chi connectivity index (χ1) is 7.08. The van der Waals surface area contributed by atoms with Crippen LogP contribution in [0.1, 0.15) is 25.8 Å². The van der Waals surface area contributed by atoms with Crippen molar-refractivity contribution in [3.8, 4) is 0 Å². The topological polar surface area (TPSA) is 52.3 Å². The number of esters is 1. The van der Waals surface area contributed by atoms with E-state index in [0.29, 0.717) is 12.8 Å². The Bertz CT molecular complexity index is 317. The Morgan fingerprint density at radius 1 is 1.33 bits per heavy atom. The summed E-state index contributed by atoms with van der Waals surface area (Å²) in [5, 5.41) is 0. The SMILES string of the molecule is CC(C)OC(=O)CCc1ccc(N)cc1. The van der Waals surface area contributed by atoms with Crippen molar-refractivity contribution in [2.75, 3.05) is 5.73 Å². The Labute approximate surface area is 90.2 Å². The number of rotatable bonds is 4. The Hall–Kier alpha value is -1.51.